The number of nitrogens with zero attached hydrogens (tertiary/aromatic N) is 1. The molecule has 3 aliphatic carbocycles. The summed E-state index contributed by atoms with van der Waals surface area (Å²) in [5.74, 6) is 0. The van der Waals surface area contributed by atoms with Gasteiger partial charge in [0.2, 0.25) is 0 Å². The Morgan fingerprint density at radius 2 is 0.958 bits per heavy atom. The van der Waals surface area contributed by atoms with E-state index >= 15 is 0 Å². The molecule has 0 saturated heterocycles. The van der Waals surface area contributed by atoms with E-state index in [0.29, 0.717) is 0 Å². The largest absolute Gasteiger partial charge is 0.456 e. The van der Waals surface area contributed by atoms with Crippen LogP contribution in [-0.2, 0) is 27.1 Å². The van der Waals surface area contributed by atoms with Gasteiger partial charge in [-0.3, -0.25) is 0 Å². The number of benzene rings is 9. The van der Waals surface area contributed by atoms with Crippen molar-refractivity contribution in [1.82, 2.24) is 0 Å². The molecular weight excluding hydrogens is 859 g/mol. The lowest BCUT2D eigenvalue weighted by Gasteiger charge is -2.35. The molecule has 0 spiro atoms. The Morgan fingerprint density at radius 3 is 1.63 bits per heavy atom. The summed E-state index contributed by atoms with van der Waals surface area (Å²) >= 11 is 0. The third kappa shape index (κ3) is 6.00. The van der Waals surface area contributed by atoms with E-state index in [2.05, 4.69) is 262 Å². The predicted molar refractivity (Wildman–Crippen MR) is 298 cm³/mol. The lowest BCUT2D eigenvalue weighted by atomic mass is 9.67. The molecule has 9 aromatic carbocycles. The average Bonchev–Trinajstić information content (AvgIpc) is 4.03. The smallest absolute Gasteiger partial charge is 0.139 e. The Bertz CT molecular complexity index is 3800. The Balaban J connectivity index is 1.13. The molecule has 0 amide bonds. The minimum atomic E-state index is -0.553. The standard InChI is InChI=1S/C69H61NO/c1-65(2,3)44-39-51-61-60(71-64(51)58(40-44)66(4,5)6)37-36-56-63(61)62-55(68(56,9)10)32-21-33-59(62)70(46-34-35-50-47-26-14-17-29-52(47)67(7,8)57(50)41-46)45-25-20-24-43(38-45)69(42-22-12-11-13-23-42)53-30-18-15-27-48(53)49-28-16-19-31-54(49)69/h11-41H,1-10H3. The van der Waals surface area contributed by atoms with E-state index in [1.54, 1.807) is 0 Å². The summed E-state index contributed by atoms with van der Waals surface area (Å²) in [6.07, 6.45) is 0. The van der Waals surface area contributed by atoms with Gasteiger partial charge in [-0.25, -0.2) is 0 Å². The third-order valence-corrected chi connectivity index (χ3v) is 16.8. The molecule has 348 valence electrons. The van der Waals surface area contributed by atoms with Gasteiger partial charge in [0.05, 0.1) is 11.1 Å². The second-order valence-corrected chi connectivity index (χ2v) is 23.7. The van der Waals surface area contributed by atoms with Gasteiger partial charge in [-0.2, -0.15) is 0 Å². The van der Waals surface area contributed by atoms with Crippen LogP contribution in [-0.4, -0.2) is 0 Å². The zero-order valence-electron chi connectivity index (χ0n) is 42.8. The maximum Gasteiger partial charge on any atom is 0.139 e. The van der Waals surface area contributed by atoms with Gasteiger partial charge in [0.1, 0.15) is 11.2 Å². The van der Waals surface area contributed by atoms with Gasteiger partial charge < -0.3 is 9.32 Å². The first-order valence-corrected chi connectivity index (χ1v) is 25.6. The molecule has 13 rings (SSSR count). The SMILES string of the molecule is CC(C)(C)c1cc(C(C)(C)C)c2oc3ccc4c(c3c2c1)-c1c(N(c2cccc(C3(c5ccccc5)c5ccccc5-c5ccccc53)c2)c2ccc3c(c2)C(C)(C)c2ccccc2-3)cccc1C4(C)C. The van der Waals surface area contributed by atoms with Crippen LogP contribution in [0.4, 0.5) is 17.1 Å². The normalized spacial score (nSPS) is 15.5. The Hall–Kier alpha value is -7.42. The molecule has 0 fully saturated rings. The van der Waals surface area contributed by atoms with Gasteiger partial charge in [0, 0.05) is 44.1 Å². The average molecular weight is 920 g/mol. The van der Waals surface area contributed by atoms with E-state index in [4.69, 9.17) is 4.42 Å². The van der Waals surface area contributed by atoms with Crippen molar-refractivity contribution in [1.29, 1.82) is 0 Å². The van der Waals surface area contributed by atoms with Crippen molar-refractivity contribution >= 4 is 39.0 Å². The van der Waals surface area contributed by atoms with E-state index in [1.165, 1.54) is 99.8 Å². The van der Waals surface area contributed by atoms with Crippen LogP contribution in [0.3, 0.4) is 0 Å². The number of hydrogen-bond donors (Lipinski definition) is 0. The molecule has 2 nitrogen and oxygen atoms in total. The highest BCUT2D eigenvalue weighted by molar-refractivity contribution is 6.17. The minimum absolute atomic E-state index is 0.0572. The molecule has 10 aromatic rings. The zero-order chi connectivity index (χ0) is 49.0. The van der Waals surface area contributed by atoms with Crippen LogP contribution < -0.4 is 4.90 Å². The van der Waals surface area contributed by atoms with Gasteiger partial charge in [-0.15, -0.1) is 0 Å². The van der Waals surface area contributed by atoms with Crippen LogP contribution in [0.25, 0.3) is 55.3 Å². The maximum atomic E-state index is 7.13. The molecule has 0 N–H and O–H groups in total. The Kier molecular flexibility index (Phi) is 9.09. The second kappa shape index (κ2) is 14.8. The van der Waals surface area contributed by atoms with Crippen LogP contribution in [0.15, 0.2) is 192 Å². The molecule has 0 bridgehead atoms. The molecule has 3 aliphatic rings. The molecule has 0 saturated carbocycles. The topological polar surface area (TPSA) is 16.4 Å². The van der Waals surface area contributed by atoms with E-state index in [-0.39, 0.29) is 21.7 Å². The van der Waals surface area contributed by atoms with E-state index in [0.717, 1.165) is 28.2 Å². The minimum Gasteiger partial charge on any atom is -0.456 e. The third-order valence-electron chi connectivity index (χ3n) is 16.8. The summed E-state index contributed by atoms with van der Waals surface area (Å²) in [7, 11) is 0. The number of furan rings is 1. The van der Waals surface area contributed by atoms with E-state index < -0.39 is 5.41 Å². The first kappa shape index (κ1) is 43.6. The van der Waals surface area contributed by atoms with Crippen LogP contribution in [0.2, 0.25) is 0 Å². The van der Waals surface area contributed by atoms with Gasteiger partial charge in [0.15, 0.2) is 0 Å². The number of fused-ring (bicyclic) bond motifs is 13. The Labute approximate surface area is 419 Å². The van der Waals surface area contributed by atoms with Crippen LogP contribution in [0.1, 0.15) is 125 Å². The molecular formula is C69H61NO. The summed E-state index contributed by atoms with van der Waals surface area (Å²) in [4.78, 5) is 2.58. The highest BCUT2D eigenvalue weighted by Crippen LogP contribution is 2.61. The van der Waals surface area contributed by atoms with Crippen molar-refractivity contribution < 1.29 is 4.42 Å². The number of rotatable bonds is 5. The zero-order valence-corrected chi connectivity index (χ0v) is 42.8. The molecule has 0 radical (unpaired) electrons. The van der Waals surface area contributed by atoms with Gasteiger partial charge in [-0.1, -0.05) is 215 Å². The maximum absolute atomic E-state index is 7.13. The monoisotopic (exact) mass is 919 g/mol. The van der Waals surface area contributed by atoms with Crippen molar-refractivity contribution in [3.05, 3.63) is 244 Å². The summed E-state index contributed by atoms with van der Waals surface area (Å²) in [6.45, 7) is 23.5. The molecule has 1 heterocycles. The highest BCUT2D eigenvalue weighted by Gasteiger charge is 2.47. The molecule has 71 heavy (non-hydrogen) atoms. The van der Waals surface area contributed by atoms with Gasteiger partial charge >= 0.3 is 0 Å². The summed E-state index contributed by atoms with van der Waals surface area (Å²) in [5, 5.41) is 2.40. The van der Waals surface area contributed by atoms with Crippen molar-refractivity contribution in [3.63, 3.8) is 0 Å². The van der Waals surface area contributed by atoms with Gasteiger partial charge in [0.25, 0.3) is 0 Å². The number of hydrogen-bond acceptors (Lipinski definition) is 2. The fraction of sp³-hybridized carbons (Fsp3) is 0.217. The molecule has 0 atom stereocenters. The predicted octanol–water partition coefficient (Wildman–Crippen LogP) is 18.6. The van der Waals surface area contributed by atoms with Gasteiger partial charge in [-0.05, 0) is 131 Å². The Morgan fingerprint density at radius 1 is 0.408 bits per heavy atom. The van der Waals surface area contributed by atoms with Crippen molar-refractivity contribution in [3.8, 4) is 33.4 Å². The van der Waals surface area contributed by atoms with Crippen molar-refractivity contribution in [2.45, 2.75) is 96.3 Å². The molecule has 2 heteroatoms. The van der Waals surface area contributed by atoms with E-state index in [9.17, 15) is 0 Å². The highest BCUT2D eigenvalue weighted by atomic mass is 16.3. The quantitative estimate of drug-likeness (QED) is 0.171. The van der Waals surface area contributed by atoms with E-state index in [1.807, 2.05) is 0 Å². The summed E-state index contributed by atoms with van der Waals surface area (Å²) < 4.78 is 7.13. The first-order valence-electron chi connectivity index (χ1n) is 25.6. The summed E-state index contributed by atoms with van der Waals surface area (Å²) in [6, 6.07) is 71.5. The van der Waals surface area contributed by atoms with Crippen LogP contribution >= 0.6 is 0 Å². The fourth-order valence-corrected chi connectivity index (χ4v) is 13.2. The number of anilines is 3. The molecule has 1 aromatic heterocycles. The fourth-order valence-electron chi connectivity index (χ4n) is 13.2. The van der Waals surface area contributed by atoms with Crippen molar-refractivity contribution in [2.24, 2.45) is 0 Å². The molecule has 0 unspecified atom stereocenters. The lowest BCUT2D eigenvalue weighted by molar-refractivity contribution is 0.559. The van der Waals surface area contributed by atoms with Crippen molar-refractivity contribution in [2.75, 3.05) is 4.90 Å². The second-order valence-electron chi connectivity index (χ2n) is 23.7. The molecule has 0 aliphatic heterocycles. The van der Waals surface area contributed by atoms with Crippen LogP contribution in [0.5, 0.6) is 0 Å². The van der Waals surface area contributed by atoms with Crippen LogP contribution in [0, 0.1) is 0 Å². The first-order chi connectivity index (χ1) is 34.0. The lowest BCUT2D eigenvalue weighted by Crippen LogP contribution is -2.28. The summed E-state index contributed by atoms with van der Waals surface area (Å²) in [5.41, 5.74) is 24.9.